The van der Waals surface area contributed by atoms with Crippen molar-refractivity contribution in [2.75, 3.05) is 11.9 Å². The lowest BCUT2D eigenvalue weighted by molar-refractivity contribution is -0.112. The molecule has 164 valence electrons. The van der Waals surface area contributed by atoms with Crippen molar-refractivity contribution in [3.05, 3.63) is 67.7 Å². The molecule has 1 aromatic carbocycles. The molecule has 3 aromatic rings. The maximum atomic E-state index is 12.7. The van der Waals surface area contributed by atoms with Crippen LogP contribution in [-0.4, -0.2) is 18.5 Å². The summed E-state index contributed by atoms with van der Waals surface area (Å²) in [6.07, 6.45) is 1.32. The molecule has 0 saturated heterocycles. The van der Waals surface area contributed by atoms with Crippen LogP contribution >= 0.6 is 34.5 Å². The molecule has 6 nitrogen and oxygen atoms in total. The van der Waals surface area contributed by atoms with Crippen LogP contribution in [0.3, 0.4) is 0 Å². The number of ether oxygens (including phenoxy) is 1. The van der Waals surface area contributed by atoms with Crippen LogP contribution in [0.25, 0.3) is 17.4 Å². The van der Waals surface area contributed by atoms with Crippen LogP contribution in [0.1, 0.15) is 33.5 Å². The number of aryl methyl sites for hydroxylation is 1. The normalized spacial score (nSPS) is 11.2. The molecule has 0 unspecified atom stereocenters. The molecule has 0 spiro atoms. The zero-order valence-electron chi connectivity index (χ0n) is 17.4. The van der Waals surface area contributed by atoms with Crippen molar-refractivity contribution in [1.82, 2.24) is 0 Å². The molecule has 0 radical (unpaired) electrons. The Balaban J connectivity index is 1.86. The summed E-state index contributed by atoms with van der Waals surface area (Å²) < 4.78 is 10.8. The first-order chi connectivity index (χ1) is 15.2. The van der Waals surface area contributed by atoms with Crippen molar-refractivity contribution in [3.8, 4) is 17.4 Å². The van der Waals surface area contributed by atoms with Gasteiger partial charge in [-0.3, -0.25) is 4.79 Å². The lowest BCUT2D eigenvalue weighted by atomic mass is 10.1. The summed E-state index contributed by atoms with van der Waals surface area (Å²) in [6, 6.07) is 10.2. The highest BCUT2D eigenvalue weighted by Gasteiger charge is 2.23. The molecule has 0 atom stereocenters. The monoisotopic (exact) mass is 488 g/mol. The Bertz CT molecular complexity index is 1250. The number of rotatable bonds is 6. The number of benzene rings is 1. The zero-order chi connectivity index (χ0) is 23.4. The van der Waals surface area contributed by atoms with E-state index in [2.05, 4.69) is 5.32 Å². The number of hydrogen-bond acceptors (Lipinski definition) is 6. The summed E-state index contributed by atoms with van der Waals surface area (Å²) in [4.78, 5) is 25.9. The van der Waals surface area contributed by atoms with Crippen LogP contribution < -0.4 is 5.32 Å². The lowest BCUT2D eigenvalue weighted by Crippen LogP contribution is -2.16. The van der Waals surface area contributed by atoms with Gasteiger partial charge < -0.3 is 14.5 Å². The molecular formula is C23H18Cl2N2O4S. The van der Waals surface area contributed by atoms with Gasteiger partial charge in [-0.1, -0.05) is 23.2 Å². The zero-order valence-corrected chi connectivity index (χ0v) is 19.7. The van der Waals surface area contributed by atoms with Crippen molar-refractivity contribution in [2.45, 2.75) is 20.8 Å². The van der Waals surface area contributed by atoms with E-state index in [1.807, 2.05) is 13.0 Å². The number of halogens is 2. The molecular weight excluding hydrogens is 471 g/mol. The molecule has 0 saturated carbocycles. The van der Waals surface area contributed by atoms with Gasteiger partial charge in [0.1, 0.15) is 28.2 Å². The second-order valence-electron chi connectivity index (χ2n) is 6.69. The molecule has 2 heterocycles. The highest BCUT2D eigenvalue weighted by atomic mass is 35.5. The molecule has 0 aliphatic carbocycles. The van der Waals surface area contributed by atoms with Crippen molar-refractivity contribution in [2.24, 2.45) is 0 Å². The Morgan fingerprint density at radius 3 is 2.53 bits per heavy atom. The number of nitrogens with zero attached hydrogens (tertiary/aromatic N) is 1. The number of anilines is 1. The number of carbonyl (C=O) groups excluding carboxylic acids is 2. The molecule has 9 heteroatoms. The van der Waals surface area contributed by atoms with E-state index in [0.29, 0.717) is 32.1 Å². The van der Waals surface area contributed by atoms with Gasteiger partial charge in [-0.25, -0.2) is 4.79 Å². The minimum absolute atomic E-state index is 0.187. The number of amides is 1. The summed E-state index contributed by atoms with van der Waals surface area (Å²) in [5, 5.41) is 13.4. The molecule has 3 rings (SSSR count). The SMILES string of the molecule is CCOC(=O)c1c(NC(=O)/C(C#N)=C/c2ccc(-c3cc(Cl)cc(Cl)c3)o2)sc(C)c1C. The number of nitrogens with one attached hydrogen (secondary N) is 1. The first-order valence-electron chi connectivity index (χ1n) is 9.50. The predicted molar refractivity (Wildman–Crippen MR) is 126 cm³/mol. The van der Waals surface area contributed by atoms with E-state index >= 15 is 0 Å². The highest BCUT2D eigenvalue weighted by Crippen LogP contribution is 2.34. The fraction of sp³-hybridized carbons (Fsp3) is 0.174. The van der Waals surface area contributed by atoms with Crippen LogP contribution in [-0.2, 0) is 9.53 Å². The third kappa shape index (κ3) is 5.22. The van der Waals surface area contributed by atoms with Gasteiger partial charge >= 0.3 is 5.97 Å². The van der Waals surface area contributed by atoms with Gasteiger partial charge in [0.05, 0.1) is 12.2 Å². The van der Waals surface area contributed by atoms with Gasteiger partial charge in [0.25, 0.3) is 5.91 Å². The number of esters is 1. The van der Waals surface area contributed by atoms with E-state index in [9.17, 15) is 14.9 Å². The number of carbonyl (C=O) groups is 2. The molecule has 0 bridgehead atoms. The van der Waals surface area contributed by atoms with Crippen LogP contribution in [0.5, 0.6) is 0 Å². The Labute approximate surface area is 199 Å². The van der Waals surface area contributed by atoms with Crippen molar-refractivity contribution >= 4 is 57.5 Å². The lowest BCUT2D eigenvalue weighted by Gasteiger charge is -2.06. The Hall–Kier alpha value is -3.05. The van der Waals surface area contributed by atoms with Crippen molar-refractivity contribution in [3.63, 3.8) is 0 Å². The molecule has 2 aromatic heterocycles. The van der Waals surface area contributed by atoms with Crippen LogP contribution in [0, 0.1) is 25.2 Å². The summed E-state index contributed by atoms with van der Waals surface area (Å²) in [5.74, 6) is -0.412. The number of thiophene rings is 1. The third-order valence-corrected chi connectivity index (χ3v) is 6.08. The molecule has 0 fully saturated rings. The second-order valence-corrected chi connectivity index (χ2v) is 8.79. The first kappa shape index (κ1) is 23.6. The van der Waals surface area contributed by atoms with E-state index in [1.54, 1.807) is 44.2 Å². The van der Waals surface area contributed by atoms with Gasteiger partial charge in [-0.15, -0.1) is 11.3 Å². The minimum Gasteiger partial charge on any atom is -0.462 e. The average Bonchev–Trinajstić information content (AvgIpc) is 3.30. The van der Waals surface area contributed by atoms with Gasteiger partial charge in [-0.05, 0) is 56.7 Å². The summed E-state index contributed by atoms with van der Waals surface area (Å²) in [5.41, 5.74) is 1.49. The van der Waals surface area contributed by atoms with Crippen molar-refractivity contribution < 1.29 is 18.7 Å². The molecule has 0 aliphatic heterocycles. The molecule has 0 aliphatic rings. The number of furan rings is 1. The van der Waals surface area contributed by atoms with Gasteiger partial charge in [0.15, 0.2) is 0 Å². The van der Waals surface area contributed by atoms with Crippen LogP contribution in [0.15, 0.2) is 40.3 Å². The Morgan fingerprint density at radius 2 is 1.91 bits per heavy atom. The smallest absolute Gasteiger partial charge is 0.341 e. The van der Waals surface area contributed by atoms with Crippen LogP contribution in [0.4, 0.5) is 5.00 Å². The standard InChI is InChI=1S/C23H18Cl2N2O4S/c1-4-30-23(29)20-12(2)13(3)32-22(20)27-21(28)15(11-26)9-18-5-6-19(31-18)14-7-16(24)10-17(25)8-14/h5-10H,4H2,1-3H3,(H,27,28)/b15-9+. The van der Waals surface area contributed by atoms with E-state index in [-0.39, 0.29) is 17.7 Å². The van der Waals surface area contributed by atoms with Gasteiger partial charge in [0, 0.05) is 26.6 Å². The quantitative estimate of drug-likeness (QED) is 0.238. The van der Waals surface area contributed by atoms with Crippen LogP contribution in [0.2, 0.25) is 10.0 Å². The van der Waals surface area contributed by atoms with Gasteiger partial charge in [0.2, 0.25) is 0 Å². The topological polar surface area (TPSA) is 92.3 Å². The largest absolute Gasteiger partial charge is 0.462 e. The van der Waals surface area contributed by atoms with E-state index in [1.165, 1.54) is 17.4 Å². The number of nitriles is 1. The highest BCUT2D eigenvalue weighted by molar-refractivity contribution is 7.16. The second kappa shape index (κ2) is 10.0. The summed E-state index contributed by atoms with van der Waals surface area (Å²) >= 11 is 13.3. The fourth-order valence-corrected chi connectivity index (χ4v) is 4.48. The van der Waals surface area contributed by atoms with E-state index < -0.39 is 11.9 Å². The van der Waals surface area contributed by atoms with Gasteiger partial charge in [-0.2, -0.15) is 5.26 Å². The summed E-state index contributed by atoms with van der Waals surface area (Å²) in [7, 11) is 0. The third-order valence-electron chi connectivity index (χ3n) is 4.52. The van der Waals surface area contributed by atoms with E-state index in [0.717, 1.165) is 10.4 Å². The minimum atomic E-state index is -0.664. The number of hydrogen-bond donors (Lipinski definition) is 1. The summed E-state index contributed by atoms with van der Waals surface area (Å²) in [6.45, 7) is 5.53. The Kier molecular flexibility index (Phi) is 7.41. The maximum Gasteiger partial charge on any atom is 0.341 e. The predicted octanol–water partition coefficient (Wildman–Crippen LogP) is 6.65. The van der Waals surface area contributed by atoms with Crippen molar-refractivity contribution in [1.29, 1.82) is 5.26 Å². The molecule has 1 N–H and O–H groups in total. The maximum absolute atomic E-state index is 12.7. The Morgan fingerprint density at radius 1 is 1.22 bits per heavy atom. The fourth-order valence-electron chi connectivity index (χ4n) is 2.91. The molecule has 32 heavy (non-hydrogen) atoms. The van der Waals surface area contributed by atoms with E-state index in [4.69, 9.17) is 32.4 Å². The average molecular weight is 489 g/mol. The molecule has 1 amide bonds. The first-order valence-corrected chi connectivity index (χ1v) is 11.1.